The van der Waals surface area contributed by atoms with Gasteiger partial charge in [0.15, 0.2) is 0 Å². The first kappa shape index (κ1) is 14.1. The number of carbonyl (C=O) groups excluding carboxylic acids is 1. The Hall–Kier alpha value is -2.29. The van der Waals surface area contributed by atoms with E-state index in [2.05, 4.69) is 0 Å². The van der Waals surface area contributed by atoms with E-state index in [4.69, 9.17) is 4.74 Å². The quantitative estimate of drug-likeness (QED) is 0.834. The van der Waals surface area contributed by atoms with Crippen molar-refractivity contribution in [3.05, 3.63) is 66.6 Å². The number of rotatable bonds is 5. The zero-order valence-corrected chi connectivity index (χ0v) is 11.7. The first-order valence-corrected chi connectivity index (χ1v) is 6.49. The summed E-state index contributed by atoms with van der Waals surface area (Å²) in [5, 5.41) is 0. The molecule has 3 nitrogen and oxygen atoms in total. The number of nitrogens with zero attached hydrogens (tertiary/aromatic N) is 1. The van der Waals surface area contributed by atoms with E-state index < -0.39 is 0 Å². The number of carbonyl (C=O) groups is 1. The molecule has 0 saturated carbocycles. The Morgan fingerprint density at radius 1 is 1.10 bits per heavy atom. The van der Waals surface area contributed by atoms with Crippen LogP contribution in [0.1, 0.15) is 5.56 Å². The summed E-state index contributed by atoms with van der Waals surface area (Å²) in [7, 11) is 3.39. The van der Waals surface area contributed by atoms with Crippen molar-refractivity contribution in [2.24, 2.45) is 0 Å². The van der Waals surface area contributed by atoms with Gasteiger partial charge in [0.2, 0.25) is 5.91 Å². The minimum atomic E-state index is -0.0148. The summed E-state index contributed by atoms with van der Waals surface area (Å²) in [6, 6.07) is 17.4. The molecule has 2 aromatic carbocycles. The molecular formula is C17H18NO2. The molecule has 0 unspecified atom stereocenters. The summed E-state index contributed by atoms with van der Waals surface area (Å²) in [6.45, 7) is 0. The standard InChI is InChI=1S/C17H18NO2/c1-18(15-9-11-16(20-2)12-10-15)17(19)13-8-14-6-4-3-5-7-14/h3-7,9-13H,8H2,1-2H3. The molecule has 0 bridgehead atoms. The zero-order chi connectivity index (χ0) is 14.4. The molecule has 0 aliphatic rings. The molecule has 1 radical (unpaired) electrons. The lowest BCUT2D eigenvalue weighted by molar-refractivity contribution is -0.115. The van der Waals surface area contributed by atoms with Gasteiger partial charge in [-0.1, -0.05) is 30.3 Å². The number of hydrogen-bond donors (Lipinski definition) is 0. The molecular weight excluding hydrogens is 250 g/mol. The monoisotopic (exact) mass is 268 g/mol. The van der Waals surface area contributed by atoms with Gasteiger partial charge in [-0.2, -0.15) is 0 Å². The normalized spacial score (nSPS) is 10.1. The van der Waals surface area contributed by atoms with Gasteiger partial charge in [0.05, 0.1) is 13.5 Å². The maximum atomic E-state index is 12.1. The van der Waals surface area contributed by atoms with Gasteiger partial charge in [0, 0.05) is 12.7 Å². The molecule has 0 aliphatic heterocycles. The molecule has 0 fully saturated rings. The average Bonchev–Trinajstić information content (AvgIpc) is 2.53. The van der Waals surface area contributed by atoms with Gasteiger partial charge >= 0.3 is 0 Å². The molecule has 0 saturated heterocycles. The molecule has 103 valence electrons. The second-order valence-corrected chi connectivity index (χ2v) is 4.49. The predicted molar refractivity (Wildman–Crippen MR) is 80.9 cm³/mol. The fraction of sp³-hybridized carbons (Fsp3) is 0.176. The van der Waals surface area contributed by atoms with Crippen LogP contribution in [-0.4, -0.2) is 20.1 Å². The molecule has 0 aromatic heterocycles. The second-order valence-electron chi connectivity index (χ2n) is 4.49. The lowest BCUT2D eigenvalue weighted by Gasteiger charge is -2.17. The van der Waals surface area contributed by atoms with Crippen LogP contribution in [0.3, 0.4) is 0 Å². The third-order valence-corrected chi connectivity index (χ3v) is 3.15. The fourth-order valence-electron chi connectivity index (χ4n) is 1.89. The Balaban J connectivity index is 1.94. The highest BCUT2D eigenvalue weighted by atomic mass is 16.5. The number of ether oxygens (including phenoxy) is 1. The summed E-state index contributed by atoms with van der Waals surface area (Å²) in [5.74, 6) is 0.766. The van der Waals surface area contributed by atoms with Crippen LogP contribution in [0.5, 0.6) is 5.75 Å². The average molecular weight is 268 g/mol. The molecule has 0 aliphatic carbocycles. The Labute approximate surface area is 119 Å². The molecule has 2 rings (SSSR count). The summed E-state index contributed by atoms with van der Waals surface area (Å²) >= 11 is 0. The Morgan fingerprint density at radius 2 is 1.75 bits per heavy atom. The van der Waals surface area contributed by atoms with Crippen molar-refractivity contribution >= 4 is 11.6 Å². The summed E-state index contributed by atoms with van der Waals surface area (Å²) in [4.78, 5) is 13.7. The summed E-state index contributed by atoms with van der Waals surface area (Å²) in [5.41, 5.74) is 1.98. The van der Waals surface area contributed by atoms with E-state index in [0.29, 0.717) is 6.42 Å². The van der Waals surface area contributed by atoms with E-state index in [1.165, 1.54) is 0 Å². The number of amides is 1. The lowest BCUT2D eigenvalue weighted by atomic mass is 10.1. The van der Waals surface area contributed by atoms with E-state index in [0.717, 1.165) is 17.0 Å². The SMILES string of the molecule is COc1ccc(N(C)C(=O)[CH]Cc2ccccc2)cc1. The number of methoxy groups -OCH3 is 1. The predicted octanol–water partition coefficient (Wildman–Crippen LogP) is 3.10. The number of hydrogen-bond acceptors (Lipinski definition) is 2. The lowest BCUT2D eigenvalue weighted by Crippen LogP contribution is -2.26. The van der Waals surface area contributed by atoms with E-state index in [9.17, 15) is 4.79 Å². The first-order chi connectivity index (χ1) is 9.70. The van der Waals surface area contributed by atoms with Gasteiger partial charge in [0.1, 0.15) is 5.75 Å². The van der Waals surface area contributed by atoms with Crippen molar-refractivity contribution in [3.63, 3.8) is 0 Å². The van der Waals surface area contributed by atoms with Crippen LogP contribution in [0.2, 0.25) is 0 Å². The van der Waals surface area contributed by atoms with Crippen LogP contribution in [0, 0.1) is 6.42 Å². The molecule has 20 heavy (non-hydrogen) atoms. The maximum absolute atomic E-state index is 12.1. The van der Waals surface area contributed by atoms with Crippen LogP contribution in [-0.2, 0) is 11.2 Å². The van der Waals surface area contributed by atoms with E-state index >= 15 is 0 Å². The molecule has 2 aromatic rings. The van der Waals surface area contributed by atoms with Crippen LogP contribution >= 0.6 is 0 Å². The van der Waals surface area contributed by atoms with Gasteiger partial charge < -0.3 is 9.64 Å². The maximum Gasteiger partial charge on any atom is 0.230 e. The fourth-order valence-corrected chi connectivity index (χ4v) is 1.89. The van der Waals surface area contributed by atoms with Crippen LogP contribution in [0.15, 0.2) is 54.6 Å². The van der Waals surface area contributed by atoms with Crippen molar-refractivity contribution in [3.8, 4) is 5.75 Å². The van der Waals surface area contributed by atoms with Crippen LogP contribution in [0.4, 0.5) is 5.69 Å². The highest BCUT2D eigenvalue weighted by Crippen LogP contribution is 2.18. The Kier molecular flexibility index (Phi) is 4.77. The third-order valence-electron chi connectivity index (χ3n) is 3.15. The topological polar surface area (TPSA) is 29.5 Å². The van der Waals surface area contributed by atoms with E-state index in [1.54, 1.807) is 25.5 Å². The summed E-state index contributed by atoms with van der Waals surface area (Å²) in [6.07, 6.45) is 2.33. The van der Waals surface area contributed by atoms with Gasteiger partial charge in [0.25, 0.3) is 0 Å². The van der Waals surface area contributed by atoms with Gasteiger partial charge in [-0.15, -0.1) is 0 Å². The molecule has 0 spiro atoms. The molecule has 0 atom stereocenters. The smallest absolute Gasteiger partial charge is 0.230 e. The molecule has 0 heterocycles. The summed E-state index contributed by atoms with van der Waals surface area (Å²) < 4.78 is 5.10. The highest BCUT2D eigenvalue weighted by Gasteiger charge is 2.11. The van der Waals surface area contributed by atoms with Crippen molar-refractivity contribution in [2.75, 3.05) is 19.1 Å². The second kappa shape index (κ2) is 6.75. The van der Waals surface area contributed by atoms with Crippen molar-refractivity contribution in [1.82, 2.24) is 0 Å². The zero-order valence-electron chi connectivity index (χ0n) is 11.7. The van der Waals surface area contributed by atoms with Gasteiger partial charge in [-0.3, -0.25) is 4.79 Å². The van der Waals surface area contributed by atoms with Crippen LogP contribution < -0.4 is 9.64 Å². The van der Waals surface area contributed by atoms with Crippen molar-refractivity contribution < 1.29 is 9.53 Å². The van der Waals surface area contributed by atoms with Gasteiger partial charge in [-0.05, 0) is 36.2 Å². The third kappa shape index (κ3) is 3.60. The molecule has 3 heteroatoms. The molecule has 0 N–H and O–H groups in total. The molecule has 1 amide bonds. The van der Waals surface area contributed by atoms with E-state index in [-0.39, 0.29) is 5.91 Å². The van der Waals surface area contributed by atoms with E-state index in [1.807, 2.05) is 54.6 Å². The first-order valence-electron chi connectivity index (χ1n) is 6.49. The van der Waals surface area contributed by atoms with Crippen molar-refractivity contribution in [1.29, 1.82) is 0 Å². The van der Waals surface area contributed by atoms with Gasteiger partial charge in [-0.25, -0.2) is 0 Å². The number of benzene rings is 2. The van der Waals surface area contributed by atoms with Crippen molar-refractivity contribution in [2.45, 2.75) is 6.42 Å². The minimum absolute atomic E-state index is 0.0148. The Bertz CT molecular complexity index is 549. The minimum Gasteiger partial charge on any atom is -0.497 e. The Morgan fingerprint density at radius 3 is 2.35 bits per heavy atom. The largest absolute Gasteiger partial charge is 0.497 e. The van der Waals surface area contributed by atoms with Crippen LogP contribution in [0.25, 0.3) is 0 Å². The number of anilines is 1. The highest BCUT2D eigenvalue weighted by molar-refractivity contribution is 5.99.